The van der Waals surface area contributed by atoms with E-state index in [1.165, 1.54) is 0 Å². The van der Waals surface area contributed by atoms with Gasteiger partial charge in [0.1, 0.15) is 11.2 Å². The van der Waals surface area contributed by atoms with Gasteiger partial charge in [0.05, 0.1) is 8.65 Å². The molecule has 0 amide bonds. The number of benzene rings is 2. The molecule has 130 valence electrons. The summed E-state index contributed by atoms with van der Waals surface area (Å²) in [5.41, 5.74) is 2.60. The highest BCUT2D eigenvalue weighted by molar-refractivity contribution is 9.10. The van der Waals surface area contributed by atoms with Crippen LogP contribution in [0.1, 0.15) is 48.4 Å². The molecule has 0 bridgehead atoms. The second-order valence-electron chi connectivity index (χ2n) is 7.13. The van der Waals surface area contributed by atoms with Crippen LogP contribution in [0.3, 0.4) is 0 Å². The van der Waals surface area contributed by atoms with Crippen LogP contribution in [-0.2, 0) is 0 Å². The molecule has 25 heavy (non-hydrogen) atoms. The highest BCUT2D eigenvalue weighted by Gasteiger charge is 2.27. The lowest BCUT2D eigenvalue weighted by molar-refractivity contribution is 0.0954. The minimum atomic E-state index is -0.638. The van der Waals surface area contributed by atoms with Crippen LogP contribution in [-0.4, -0.2) is 20.2 Å². The fraction of sp³-hybridized carbons (Fsp3) is 0.300. The van der Waals surface area contributed by atoms with Crippen LogP contribution in [0.2, 0.25) is 0 Å². The number of Topliss-reactive ketones (excluding diaryl/α,β-unsaturated/α-hetero) is 2. The smallest absolute Gasteiger partial charge is 0.178 e. The third-order valence-corrected chi connectivity index (χ3v) is 4.79. The zero-order valence-corrected chi connectivity index (χ0v) is 17.6. The summed E-state index contributed by atoms with van der Waals surface area (Å²) >= 11 is 6.83. The molecule has 0 saturated heterocycles. The summed E-state index contributed by atoms with van der Waals surface area (Å²) in [6, 6.07) is 10.8. The van der Waals surface area contributed by atoms with Gasteiger partial charge in [0.2, 0.25) is 0 Å². The van der Waals surface area contributed by atoms with Gasteiger partial charge < -0.3 is 4.42 Å². The first-order valence-electron chi connectivity index (χ1n) is 7.92. The maximum Gasteiger partial charge on any atom is 0.178 e. The Bertz CT molecular complexity index is 921. The molecule has 0 atom stereocenters. The molecule has 0 aliphatic heterocycles. The first kappa shape index (κ1) is 18.3. The second kappa shape index (κ2) is 6.06. The lowest BCUT2D eigenvalue weighted by Gasteiger charge is -2.14. The number of halogens is 2. The Kier molecular flexibility index (Phi) is 4.44. The van der Waals surface area contributed by atoms with Crippen molar-refractivity contribution in [2.75, 3.05) is 0 Å². The van der Waals surface area contributed by atoms with Crippen molar-refractivity contribution < 1.29 is 14.0 Å². The van der Waals surface area contributed by atoms with Crippen LogP contribution in [0, 0.1) is 0 Å². The van der Waals surface area contributed by atoms with Crippen molar-refractivity contribution in [1.29, 1.82) is 0 Å². The number of alkyl halides is 2. The largest absolute Gasteiger partial charge is 0.456 e. The molecule has 0 spiro atoms. The van der Waals surface area contributed by atoms with Gasteiger partial charge in [-0.25, -0.2) is 0 Å². The number of carbonyl (C=O) groups is 2. The molecule has 0 saturated carbocycles. The molecule has 3 aromatic rings. The molecular weight excluding hydrogens is 448 g/mol. The van der Waals surface area contributed by atoms with Crippen LogP contribution >= 0.6 is 31.9 Å². The minimum Gasteiger partial charge on any atom is -0.456 e. The zero-order valence-electron chi connectivity index (χ0n) is 14.4. The average molecular weight is 466 g/mol. The highest BCUT2D eigenvalue weighted by atomic mass is 79.9. The summed E-state index contributed by atoms with van der Waals surface area (Å²) in [5, 5.41) is 1.67. The molecule has 0 aliphatic carbocycles. The van der Waals surface area contributed by atoms with E-state index in [4.69, 9.17) is 4.42 Å². The quantitative estimate of drug-likeness (QED) is 0.335. The van der Waals surface area contributed by atoms with E-state index in [1.54, 1.807) is 24.3 Å². The van der Waals surface area contributed by atoms with Crippen molar-refractivity contribution >= 4 is 65.4 Å². The predicted molar refractivity (Wildman–Crippen MR) is 108 cm³/mol. The van der Waals surface area contributed by atoms with Crippen molar-refractivity contribution in [3.05, 3.63) is 47.5 Å². The zero-order chi connectivity index (χ0) is 18.6. The predicted octanol–water partition coefficient (Wildman–Crippen LogP) is 6.30. The number of ketones is 2. The maximum absolute atomic E-state index is 12.5. The summed E-state index contributed by atoms with van der Waals surface area (Å²) in [6.07, 6.45) is 0. The number of hydrogen-bond acceptors (Lipinski definition) is 3. The van der Waals surface area contributed by atoms with Crippen molar-refractivity contribution in [3.63, 3.8) is 0 Å². The van der Waals surface area contributed by atoms with E-state index in [0.717, 1.165) is 10.8 Å². The topological polar surface area (TPSA) is 47.3 Å². The number of hydrogen-bond donors (Lipinski definition) is 0. The van der Waals surface area contributed by atoms with E-state index in [1.807, 2.05) is 39.8 Å². The van der Waals surface area contributed by atoms with Gasteiger partial charge in [-0.15, -0.1) is 0 Å². The Hall–Kier alpha value is -1.46. The lowest BCUT2D eigenvalue weighted by atomic mass is 9.97. The van der Waals surface area contributed by atoms with Crippen LogP contribution in [0.25, 0.3) is 21.9 Å². The normalized spacial score (nSPS) is 12.7. The van der Waals surface area contributed by atoms with Crippen LogP contribution in [0.4, 0.5) is 0 Å². The summed E-state index contributed by atoms with van der Waals surface area (Å²) < 4.78 is 4.57. The minimum absolute atomic E-state index is 0.00225. The highest BCUT2D eigenvalue weighted by Crippen LogP contribution is 2.33. The molecule has 0 radical (unpaired) electrons. The van der Waals surface area contributed by atoms with Gasteiger partial charge in [0.15, 0.2) is 11.6 Å². The van der Waals surface area contributed by atoms with E-state index in [0.29, 0.717) is 22.3 Å². The fourth-order valence-corrected chi connectivity index (χ4v) is 3.20. The van der Waals surface area contributed by atoms with Crippen molar-refractivity contribution in [2.45, 2.75) is 36.3 Å². The average Bonchev–Trinajstić information content (AvgIpc) is 2.88. The van der Waals surface area contributed by atoms with Crippen LogP contribution < -0.4 is 0 Å². The third kappa shape index (κ3) is 3.44. The summed E-state index contributed by atoms with van der Waals surface area (Å²) in [4.78, 5) is 25.1. The Morgan fingerprint density at radius 1 is 0.760 bits per heavy atom. The summed E-state index contributed by atoms with van der Waals surface area (Å²) in [7, 11) is 0. The van der Waals surface area contributed by atoms with E-state index in [-0.39, 0.29) is 11.6 Å². The Labute approximate surface area is 163 Å². The van der Waals surface area contributed by atoms with E-state index < -0.39 is 8.65 Å². The number of furan rings is 1. The summed E-state index contributed by atoms with van der Waals surface area (Å²) in [6.45, 7) is 7.29. The van der Waals surface area contributed by atoms with E-state index in [9.17, 15) is 9.59 Å². The molecule has 5 heteroatoms. The van der Waals surface area contributed by atoms with E-state index >= 15 is 0 Å². The molecule has 0 aliphatic rings. The molecule has 0 unspecified atom stereocenters. The molecular formula is C20H18Br2O3. The van der Waals surface area contributed by atoms with Crippen molar-refractivity contribution in [2.24, 2.45) is 0 Å². The second-order valence-corrected chi connectivity index (χ2v) is 11.1. The fourth-order valence-electron chi connectivity index (χ4n) is 2.75. The van der Waals surface area contributed by atoms with Crippen LogP contribution in [0.15, 0.2) is 40.8 Å². The first-order valence-corrected chi connectivity index (χ1v) is 9.51. The van der Waals surface area contributed by atoms with Gasteiger partial charge in [-0.1, -0.05) is 31.9 Å². The summed E-state index contributed by atoms with van der Waals surface area (Å²) in [5.74, 6) is -0.00450. The van der Waals surface area contributed by atoms with Gasteiger partial charge in [0, 0.05) is 21.9 Å². The van der Waals surface area contributed by atoms with E-state index in [2.05, 4.69) is 31.9 Å². The van der Waals surface area contributed by atoms with Crippen molar-refractivity contribution in [1.82, 2.24) is 0 Å². The standard InChI is InChI=1S/C20H18Br2O3/c1-19(2,21)17(23)11-5-7-15-13(9-11)14-10-12(6-8-16(14)25-15)18(24)20(3,4)22/h5-10H,1-4H3. The number of carbonyl (C=O) groups excluding carboxylic acids is 2. The first-order chi connectivity index (χ1) is 11.5. The van der Waals surface area contributed by atoms with Crippen LogP contribution in [0.5, 0.6) is 0 Å². The monoisotopic (exact) mass is 464 g/mol. The molecule has 3 nitrogen and oxygen atoms in total. The molecule has 1 heterocycles. The SMILES string of the molecule is CC(C)(Br)C(=O)c1ccc2oc3ccc(C(=O)C(C)(C)Br)cc3c2c1. The lowest BCUT2D eigenvalue weighted by Crippen LogP contribution is -2.24. The van der Waals surface area contributed by atoms with Gasteiger partial charge in [0.25, 0.3) is 0 Å². The number of rotatable bonds is 4. The molecule has 0 fully saturated rings. The molecule has 0 N–H and O–H groups in total. The molecule has 2 aromatic carbocycles. The van der Waals surface area contributed by atoms with Gasteiger partial charge in [-0.05, 0) is 64.1 Å². The Morgan fingerprint density at radius 2 is 1.12 bits per heavy atom. The van der Waals surface area contributed by atoms with Gasteiger partial charge >= 0.3 is 0 Å². The maximum atomic E-state index is 12.5. The van der Waals surface area contributed by atoms with Gasteiger partial charge in [-0.3, -0.25) is 9.59 Å². The van der Waals surface area contributed by atoms with Crippen molar-refractivity contribution in [3.8, 4) is 0 Å². The number of fused-ring (bicyclic) bond motifs is 3. The van der Waals surface area contributed by atoms with Gasteiger partial charge in [-0.2, -0.15) is 0 Å². The Balaban J connectivity index is 2.20. The third-order valence-electron chi connectivity index (χ3n) is 4.07. The molecule has 3 rings (SSSR count). The Morgan fingerprint density at radius 3 is 1.44 bits per heavy atom. The molecule has 1 aromatic heterocycles.